The molecule has 0 N–H and O–H groups in total. The highest BCUT2D eigenvalue weighted by atomic mass is 16.5. The van der Waals surface area contributed by atoms with Crippen LogP contribution in [0, 0.1) is 0 Å². The van der Waals surface area contributed by atoms with Crippen LogP contribution in [-0.4, -0.2) is 52.9 Å². The molecular weight excluding hydrogens is 849 g/mol. The molecule has 0 fully saturated rings. The van der Waals surface area contributed by atoms with E-state index in [4.69, 9.17) is 37.9 Å². The molecule has 0 amide bonds. The molecule has 376 valence electrons. The van der Waals surface area contributed by atoms with E-state index in [1.165, 1.54) is 0 Å². The Morgan fingerprint density at radius 2 is 0.338 bits per heavy atom. The fraction of sp³-hybridized carbons (Fsp3) is 0.600. The van der Waals surface area contributed by atoms with Gasteiger partial charge in [-0.3, -0.25) is 0 Å². The summed E-state index contributed by atoms with van der Waals surface area (Å²) in [5, 5.41) is 0. The molecular formula is C60H88O8. The number of unbranched alkanes of at least 4 members (excludes halogenated alkanes) is 8. The molecule has 4 aromatic carbocycles. The summed E-state index contributed by atoms with van der Waals surface area (Å²) in [6, 6.07) is 17.9. The Kier molecular flexibility index (Phi) is 24.5. The molecule has 0 atom stereocenters. The topological polar surface area (TPSA) is 73.8 Å². The normalized spacial score (nSPS) is 12.1. The molecule has 8 heteroatoms. The van der Waals surface area contributed by atoms with Gasteiger partial charge in [0.05, 0.1) is 52.9 Å². The molecule has 10 aliphatic rings. The first-order valence-corrected chi connectivity index (χ1v) is 27.0. The van der Waals surface area contributed by atoms with Crippen LogP contribution in [-0.2, 0) is 25.7 Å². The van der Waals surface area contributed by atoms with Crippen LogP contribution in [0.3, 0.4) is 0 Å². The van der Waals surface area contributed by atoms with Gasteiger partial charge in [0.2, 0.25) is 0 Å². The monoisotopic (exact) mass is 937 g/mol. The lowest BCUT2D eigenvalue weighted by molar-refractivity contribution is 0.291. The van der Waals surface area contributed by atoms with Gasteiger partial charge < -0.3 is 37.9 Å². The molecule has 0 aliphatic heterocycles. The molecule has 0 spiro atoms. The number of rotatable bonds is 32. The predicted octanol–water partition coefficient (Wildman–Crippen LogP) is 15.8. The highest BCUT2D eigenvalue weighted by Gasteiger charge is 2.24. The minimum absolute atomic E-state index is 0.586. The average molecular weight is 937 g/mol. The summed E-state index contributed by atoms with van der Waals surface area (Å²) in [7, 11) is 0. The predicted molar refractivity (Wildman–Crippen MR) is 280 cm³/mol. The maximum absolute atomic E-state index is 6.78. The van der Waals surface area contributed by atoms with E-state index in [9.17, 15) is 0 Å². The highest BCUT2D eigenvalue weighted by molar-refractivity contribution is 5.59. The Hall–Kier alpha value is -4.72. The van der Waals surface area contributed by atoms with Gasteiger partial charge in [0.25, 0.3) is 0 Å². The molecule has 0 radical (unpaired) electrons. The van der Waals surface area contributed by atoms with Crippen molar-refractivity contribution < 1.29 is 37.9 Å². The Balaban J connectivity index is 1.86. The first-order chi connectivity index (χ1) is 33.4. The van der Waals surface area contributed by atoms with E-state index in [0.717, 1.165) is 193 Å². The molecule has 0 unspecified atom stereocenters. The molecule has 0 aromatic heterocycles. The van der Waals surface area contributed by atoms with E-state index >= 15 is 0 Å². The summed E-state index contributed by atoms with van der Waals surface area (Å²) >= 11 is 0. The van der Waals surface area contributed by atoms with Gasteiger partial charge in [-0.1, -0.05) is 107 Å². The average Bonchev–Trinajstić information content (AvgIpc) is 3.33. The van der Waals surface area contributed by atoms with Crippen molar-refractivity contribution in [3.8, 4) is 46.0 Å². The van der Waals surface area contributed by atoms with Crippen LogP contribution < -0.4 is 37.9 Å². The smallest absolute Gasteiger partial charge is 0.123 e. The molecule has 0 heterocycles. The van der Waals surface area contributed by atoms with Crippen LogP contribution in [0.2, 0.25) is 0 Å². The quantitative estimate of drug-likeness (QED) is 0.0395. The Bertz CT molecular complexity index is 1640. The highest BCUT2D eigenvalue weighted by Crippen LogP contribution is 2.42. The van der Waals surface area contributed by atoms with Crippen molar-refractivity contribution in [2.75, 3.05) is 52.9 Å². The van der Waals surface area contributed by atoms with Crippen molar-refractivity contribution in [3.63, 3.8) is 0 Å². The Morgan fingerprint density at radius 1 is 0.221 bits per heavy atom. The second-order valence-corrected chi connectivity index (χ2v) is 18.6. The molecule has 8 nitrogen and oxygen atoms in total. The van der Waals surface area contributed by atoms with E-state index in [-0.39, 0.29) is 0 Å². The molecule has 68 heavy (non-hydrogen) atoms. The van der Waals surface area contributed by atoms with Gasteiger partial charge in [0, 0.05) is 70.2 Å². The minimum atomic E-state index is 0.586. The lowest BCUT2D eigenvalue weighted by Crippen LogP contribution is -2.10. The lowest BCUT2D eigenvalue weighted by Gasteiger charge is -2.23. The van der Waals surface area contributed by atoms with Crippen molar-refractivity contribution in [1.82, 2.24) is 0 Å². The largest absolute Gasteiger partial charge is 0.493 e. The number of hydrogen-bond acceptors (Lipinski definition) is 8. The number of hydrogen-bond donors (Lipinski definition) is 0. The number of ether oxygens (including phenoxy) is 8. The van der Waals surface area contributed by atoms with E-state index in [2.05, 4.69) is 104 Å². The van der Waals surface area contributed by atoms with Crippen LogP contribution in [0.15, 0.2) is 48.5 Å². The zero-order chi connectivity index (χ0) is 48.4. The second kappa shape index (κ2) is 30.7. The standard InChI is InChI=1S/C60H88O8/c1-9-17-25-61-53-37-46-34-48-40-58(66-30-22-14-6)50(42-57(48)65-29-21-13-5)36-52-44-59(67-31-23-15-7)51(43-60(52)68-32-24-16-8)35-49-41-55(63-27-19-11-3)47(39-56(49)64-28-20-12-4)33-45(53)38-54(46)62-26-18-10-2/h37-44H,9-36H2,1-8H3. The third-order valence-corrected chi connectivity index (χ3v) is 12.5. The van der Waals surface area contributed by atoms with Crippen molar-refractivity contribution >= 4 is 0 Å². The van der Waals surface area contributed by atoms with Crippen LogP contribution in [0.1, 0.15) is 203 Å². The Morgan fingerprint density at radius 3 is 0.441 bits per heavy atom. The molecule has 14 rings (SSSR count). The van der Waals surface area contributed by atoms with Gasteiger partial charge in [-0.05, 0) is 99.9 Å². The third-order valence-electron chi connectivity index (χ3n) is 12.5. The maximum atomic E-state index is 6.78. The molecule has 0 saturated carbocycles. The van der Waals surface area contributed by atoms with Crippen LogP contribution in [0.5, 0.6) is 46.0 Å². The molecule has 0 saturated heterocycles. The summed E-state index contributed by atoms with van der Waals surface area (Å²) in [5.74, 6) is 6.97. The molecule has 10 aliphatic carbocycles. The van der Waals surface area contributed by atoms with Gasteiger partial charge in [-0.2, -0.15) is 0 Å². The van der Waals surface area contributed by atoms with Crippen LogP contribution in [0.25, 0.3) is 0 Å². The first-order valence-electron chi connectivity index (χ1n) is 27.0. The maximum Gasteiger partial charge on any atom is 0.123 e. The van der Waals surface area contributed by atoms with Crippen LogP contribution in [0.4, 0.5) is 0 Å². The van der Waals surface area contributed by atoms with Crippen molar-refractivity contribution in [2.45, 2.75) is 184 Å². The van der Waals surface area contributed by atoms with E-state index in [0.29, 0.717) is 78.5 Å². The number of benzene rings is 4. The van der Waals surface area contributed by atoms with Gasteiger partial charge in [0.1, 0.15) is 46.0 Å². The van der Waals surface area contributed by atoms with Crippen molar-refractivity contribution in [3.05, 3.63) is 93.0 Å². The molecule has 8 bridgehead atoms. The van der Waals surface area contributed by atoms with Crippen molar-refractivity contribution in [2.24, 2.45) is 0 Å². The van der Waals surface area contributed by atoms with E-state index in [1.807, 2.05) is 0 Å². The third kappa shape index (κ3) is 16.8. The first kappa shape index (κ1) is 54.2. The summed E-state index contributed by atoms with van der Waals surface area (Å²) in [5.41, 5.74) is 8.50. The summed E-state index contributed by atoms with van der Waals surface area (Å²) < 4.78 is 54.2. The second-order valence-electron chi connectivity index (χ2n) is 18.6. The zero-order valence-corrected chi connectivity index (χ0v) is 43.7. The summed E-state index contributed by atoms with van der Waals surface area (Å²) in [6.07, 6.45) is 18.4. The lowest BCUT2D eigenvalue weighted by atomic mass is 9.92. The van der Waals surface area contributed by atoms with Crippen molar-refractivity contribution in [1.29, 1.82) is 0 Å². The van der Waals surface area contributed by atoms with Gasteiger partial charge in [-0.25, -0.2) is 0 Å². The minimum Gasteiger partial charge on any atom is -0.493 e. The fourth-order valence-corrected chi connectivity index (χ4v) is 8.19. The SMILES string of the molecule is CCCCOc1cc2c(OCCCC)cc1Cc1cc(OCCCC)c(cc1OCCCC)Cc1cc(OCCCC)c(cc1OCCCC)Cc1cc(OCCCC)c(cc1OCCCC)C2. The van der Waals surface area contributed by atoms with Gasteiger partial charge >= 0.3 is 0 Å². The fourth-order valence-electron chi connectivity index (χ4n) is 8.19. The summed E-state index contributed by atoms with van der Waals surface area (Å²) in [6.45, 7) is 22.7. The zero-order valence-electron chi connectivity index (χ0n) is 43.7. The summed E-state index contributed by atoms with van der Waals surface area (Å²) in [4.78, 5) is 0. The van der Waals surface area contributed by atoms with Crippen LogP contribution >= 0.6 is 0 Å². The van der Waals surface area contributed by atoms with E-state index < -0.39 is 0 Å². The molecule has 4 aromatic rings. The van der Waals surface area contributed by atoms with E-state index in [1.54, 1.807) is 0 Å². The van der Waals surface area contributed by atoms with Gasteiger partial charge in [-0.15, -0.1) is 0 Å². The van der Waals surface area contributed by atoms with Gasteiger partial charge in [0.15, 0.2) is 0 Å². The Labute approximate surface area is 412 Å².